The van der Waals surface area contributed by atoms with Gasteiger partial charge in [-0.3, -0.25) is 0 Å². The molecule has 0 fully saturated rings. The number of unbranched alkanes of at least 4 members (excludes halogenated alkanes) is 1. The molecule has 0 bridgehead atoms. The molecule has 1 rings (SSSR count). The second-order valence-corrected chi connectivity index (χ2v) is 4.84. The van der Waals surface area contributed by atoms with E-state index in [4.69, 9.17) is 0 Å². The Morgan fingerprint density at radius 2 is 2.20 bits per heavy atom. The van der Waals surface area contributed by atoms with Gasteiger partial charge in [0.2, 0.25) is 0 Å². The van der Waals surface area contributed by atoms with E-state index in [2.05, 4.69) is 31.1 Å². The van der Waals surface area contributed by atoms with Gasteiger partial charge in [0, 0.05) is 10.9 Å². The first-order chi connectivity index (χ1) is 7.29. The second-order valence-electron chi connectivity index (χ2n) is 3.95. The summed E-state index contributed by atoms with van der Waals surface area (Å²) < 4.78 is 0. The quantitative estimate of drug-likeness (QED) is 0.767. The van der Waals surface area contributed by atoms with Gasteiger partial charge in [-0.15, -0.1) is 11.3 Å². The largest absolute Gasteiger partial charge is 0.309 e. The molecule has 1 unspecified atom stereocenters. The van der Waals surface area contributed by atoms with Gasteiger partial charge in [0.05, 0.1) is 11.2 Å². The fourth-order valence-corrected chi connectivity index (χ4v) is 2.61. The zero-order valence-corrected chi connectivity index (χ0v) is 10.9. The third-order valence-electron chi connectivity index (χ3n) is 2.59. The van der Waals surface area contributed by atoms with E-state index in [1.165, 1.54) is 36.3 Å². The van der Waals surface area contributed by atoms with Crippen molar-refractivity contribution in [1.29, 1.82) is 0 Å². The Bertz CT molecular complexity index is 262. The van der Waals surface area contributed by atoms with Gasteiger partial charge in [-0.2, -0.15) is 0 Å². The Morgan fingerprint density at radius 1 is 1.40 bits per heavy atom. The first-order valence-electron chi connectivity index (χ1n) is 5.92. The summed E-state index contributed by atoms with van der Waals surface area (Å²) in [5.41, 5.74) is 3.15. The molecule has 0 amide bonds. The molecule has 1 N–H and O–H groups in total. The van der Waals surface area contributed by atoms with Crippen LogP contribution in [-0.2, 0) is 0 Å². The van der Waals surface area contributed by atoms with Crippen LogP contribution in [0.15, 0.2) is 5.51 Å². The van der Waals surface area contributed by atoms with Crippen LogP contribution < -0.4 is 5.32 Å². The molecule has 1 heterocycles. The Balaban J connectivity index is 2.58. The summed E-state index contributed by atoms with van der Waals surface area (Å²) in [5.74, 6) is 0. The smallest absolute Gasteiger partial charge is 0.0798 e. The summed E-state index contributed by atoms with van der Waals surface area (Å²) in [6.45, 7) is 7.67. The van der Waals surface area contributed by atoms with Gasteiger partial charge in [-0.05, 0) is 26.3 Å². The van der Waals surface area contributed by atoms with Gasteiger partial charge in [0.15, 0.2) is 0 Å². The molecule has 0 aliphatic rings. The molecular formula is C12H22N2S. The van der Waals surface area contributed by atoms with Gasteiger partial charge >= 0.3 is 0 Å². The topological polar surface area (TPSA) is 24.9 Å². The standard InChI is InChI=1S/C12H22N2S/c1-4-6-7-11(13-8-5-2)12-10(3)14-9-15-12/h9,11,13H,4-8H2,1-3H3. The predicted octanol–water partition coefficient (Wildman–Crippen LogP) is 3.68. The molecule has 0 saturated heterocycles. The van der Waals surface area contributed by atoms with Crippen molar-refractivity contribution in [2.45, 2.75) is 52.5 Å². The summed E-state index contributed by atoms with van der Waals surface area (Å²) in [4.78, 5) is 5.76. The minimum absolute atomic E-state index is 0.525. The lowest BCUT2D eigenvalue weighted by Crippen LogP contribution is -2.21. The SMILES string of the molecule is CCCCC(NCCC)c1scnc1C. The molecule has 1 aromatic rings. The monoisotopic (exact) mass is 226 g/mol. The van der Waals surface area contributed by atoms with Gasteiger partial charge in [0.1, 0.15) is 0 Å². The molecule has 0 spiro atoms. The molecule has 0 aromatic carbocycles. The zero-order chi connectivity index (χ0) is 11.1. The fraction of sp³-hybridized carbons (Fsp3) is 0.750. The van der Waals surface area contributed by atoms with E-state index < -0.39 is 0 Å². The highest BCUT2D eigenvalue weighted by Gasteiger charge is 2.14. The summed E-state index contributed by atoms with van der Waals surface area (Å²) in [6, 6.07) is 0.525. The Labute approximate surface area is 97.1 Å². The zero-order valence-electron chi connectivity index (χ0n) is 10.0. The van der Waals surface area contributed by atoms with Crippen molar-refractivity contribution in [2.24, 2.45) is 0 Å². The molecule has 0 aliphatic carbocycles. The number of aryl methyl sites for hydroxylation is 1. The first-order valence-corrected chi connectivity index (χ1v) is 6.80. The number of aromatic nitrogens is 1. The first kappa shape index (κ1) is 12.7. The van der Waals surface area contributed by atoms with E-state index in [-0.39, 0.29) is 0 Å². The van der Waals surface area contributed by atoms with Crippen LogP contribution in [0.5, 0.6) is 0 Å². The van der Waals surface area contributed by atoms with Crippen molar-refractivity contribution in [3.63, 3.8) is 0 Å². The molecule has 2 nitrogen and oxygen atoms in total. The van der Waals surface area contributed by atoms with E-state index in [0.717, 1.165) is 6.54 Å². The van der Waals surface area contributed by atoms with Crippen LogP contribution in [0, 0.1) is 6.92 Å². The normalized spacial score (nSPS) is 13.0. The maximum atomic E-state index is 4.33. The molecule has 1 atom stereocenters. The van der Waals surface area contributed by atoms with Gasteiger partial charge in [-0.25, -0.2) is 4.98 Å². The molecule has 3 heteroatoms. The van der Waals surface area contributed by atoms with Crippen LogP contribution in [0.1, 0.15) is 56.1 Å². The molecule has 86 valence electrons. The van der Waals surface area contributed by atoms with E-state index >= 15 is 0 Å². The minimum atomic E-state index is 0.525. The van der Waals surface area contributed by atoms with Crippen molar-refractivity contribution >= 4 is 11.3 Å². The summed E-state index contributed by atoms with van der Waals surface area (Å²) in [6.07, 6.45) is 4.99. The Hall–Kier alpha value is -0.410. The van der Waals surface area contributed by atoms with Crippen molar-refractivity contribution in [1.82, 2.24) is 10.3 Å². The summed E-state index contributed by atoms with van der Waals surface area (Å²) in [7, 11) is 0. The summed E-state index contributed by atoms with van der Waals surface area (Å²) in [5, 5.41) is 3.62. The number of hydrogen-bond acceptors (Lipinski definition) is 3. The molecule has 15 heavy (non-hydrogen) atoms. The van der Waals surface area contributed by atoms with Crippen molar-refractivity contribution in [3.8, 4) is 0 Å². The molecule has 0 saturated carbocycles. The second kappa shape index (κ2) is 6.96. The van der Waals surface area contributed by atoms with E-state index in [0.29, 0.717) is 6.04 Å². The highest BCUT2D eigenvalue weighted by Crippen LogP contribution is 2.25. The van der Waals surface area contributed by atoms with E-state index in [1.807, 2.05) is 5.51 Å². The molecule has 0 aliphatic heterocycles. The van der Waals surface area contributed by atoms with Crippen molar-refractivity contribution in [2.75, 3.05) is 6.54 Å². The van der Waals surface area contributed by atoms with Crippen LogP contribution in [0.25, 0.3) is 0 Å². The average Bonchev–Trinajstić information content (AvgIpc) is 2.65. The van der Waals surface area contributed by atoms with Crippen LogP contribution in [-0.4, -0.2) is 11.5 Å². The number of thiazole rings is 1. The maximum Gasteiger partial charge on any atom is 0.0798 e. The lowest BCUT2D eigenvalue weighted by molar-refractivity contribution is 0.485. The van der Waals surface area contributed by atoms with Crippen molar-refractivity contribution < 1.29 is 0 Å². The summed E-state index contributed by atoms with van der Waals surface area (Å²) >= 11 is 1.78. The van der Waals surface area contributed by atoms with Crippen molar-refractivity contribution in [3.05, 3.63) is 16.1 Å². The Kier molecular flexibility index (Phi) is 5.88. The average molecular weight is 226 g/mol. The predicted molar refractivity (Wildman–Crippen MR) is 67.4 cm³/mol. The maximum absolute atomic E-state index is 4.33. The molecule has 0 radical (unpaired) electrons. The number of nitrogens with one attached hydrogen (secondary N) is 1. The Morgan fingerprint density at radius 3 is 2.73 bits per heavy atom. The van der Waals surface area contributed by atoms with Crippen LogP contribution in [0.3, 0.4) is 0 Å². The fourth-order valence-electron chi connectivity index (χ4n) is 1.70. The third-order valence-corrected chi connectivity index (χ3v) is 3.63. The lowest BCUT2D eigenvalue weighted by Gasteiger charge is -2.17. The highest BCUT2D eigenvalue weighted by atomic mass is 32.1. The lowest BCUT2D eigenvalue weighted by atomic mass is 10.1. The third kappa shape index (κ3) is 3.92. The molecular weight excluding hydrogens is 204 g/mol. The van der Waals surface area contributed by atoms with Gasteiger partial charge in [-0.1, -0.05) is 26.7 Å². The minimum Gasteiger partial charge on any atom is -0.309 e. The highest BCUT2D eigenvalue weighted by molar-refractivity contribution is 7.09. The van der Waals surface area contributed by atoms with Crippen LogP contribution in [0.2, 0.25) is 0 Å². The van der Waals surface area contributed by atoms with Crippen LogP contribution >= 0.6 is 11.3 Å². The van der Waals surface area contributed by atoms with Gasteiger partial charge < -0.3 is 5.32 Å². The van der Waals surface area contributed by atoms with E-state index in [1.54, 1.807) is 11.3 Å². The van der Waals surface area contributed by atoms with Gasteiger partial charge in [0.25, 0.3) is 0 Å². The number of hydrogen-bond donors (Lipinski definition) is 1. The molecule has 1 aromatic heterocycles. The number of nitrogens with zero attached hydrogens (tertiary/aromatic N) is 1. The van der Waals surface area contributed by atoms with E-state index in [9.17, 15) is 0 Å². The number of rotatable bonds is 7. The van der Waals surface area contributed by atoms with Crippen LogP contribution in [0.4, 0.5) is 0 Å².